The minimum absolute atomic E-state index is 0.0616. The lowest BCUT2D eigenvalue weighted by Crippen LogP contribution is -2.30. The molecular formula is C53H102O6. The number of rotatable bonds is 49. The van der Waals surface area contributed by atoms with Crippen LogP contribution in [0.5, 0.6) is 0 Å². The molecule has 0 bridgehead atoms. The van der Waals surface area contributed by atoms with Crippen LogP contribution in [0.4, 0.5) is 0 Å². The van der Waals surface area contributed by atoms with Crippen LogP contribution in [0, 0.1) is 0 Å². The maximum atomic E-state index is 12.8. The lowest BCUT2D eigenvalue weighted by Gasteiger charge is -2.18. The highest BCUT2D eigenvalue weighted by atomic mass is 16.6. The Labute approximate surface area is 368 Å². The van der Waals surface area contributed by atoms with Gasteiger partial charge < -0.3 is 14.2 Å². The van der Waals surface area contributed by atoms with Crippen molar-refractivity contribution >= 4 is 17.9 Å². The molecule has 0 amide bonds. The van der Waals surface area contributed by atoms with E-state index in [-0.39, 0.29) is 31.1 Å². The maximum absolute atomic E-state index is 12.8. The van der Waals surface area contributed by atoms with Gasteiger partial charge in [0.15, 0.2) is 6.10 Å². The molecule has 0 N–H and O–H groups in total. The molecule has 0 saturated heterocycles. The second-order valence-corrected chi connectivity index (χ2v) is 18.2. The molecule has 350 valence electrons. The minimum atomic E-state index is -0.759. The van der Waals surface area contributed by atoms with E-state index in [0.29, 0.717) is 19.3 Å². The molecule has 0 aromatic rings. The van der Waals surface area contributed by atoms with E-state index in [4.69, 9.17) is 14.2 Å². The maximum Gasteiger partial charge on any atom is 0.306 e. The number of esters is 3. The molecule has 0 aliphatic rings. The van der Waals surface area contributed by atoms with Crippen LogP contribution in [-0.2, 0) is 28.6 Å². The van der Waals surface area contributed by atoms with Crippen molar-refractivity contribution in [2.75, 3.05) is 13.2 Å². The lowest BCUT2D eigenvalue weighted by molar-refractivity contribution is -0.167. The predicted octanol–water partition coefficient (Wildman–Crippen LogP) is 17.2. The summed E-state index contributed by atoms with van der Waals surface area (Å²) >= 11 is 0. The normalized spacial score (nSPS) is 11.8. The lowest BCUT2D eigenvalue weighted by atomic mass is 10.0. The molecule has 0 aromatic carbocycles. The van der Waals surface area contributed by atoms with E-state index >= 15 is 0 Å². The van der Waals surface area contributed by atoms with Gasteiger partial charge in [0.05, 0.1) is 0 Å². The molecule has 0 aliphatic carbocycles. The molecular weight excluding hydrogens is 733 g/mol. The second kappa shape index (κ2) is 49.1. The molecule has 59 heavy (non-hydrogen) atoms. The molecule has 0 radical (unpaired) electrons. The first-order valence-corrected chi connectivity index (χ1v) is 26.5. The van der Waals surface area contributed by atoms with Crippen molar-refractivity contribution in [3.05, 3.63) is 0 Å². The number of hydrogen-bond acceptors (Lipinski definition) is 6. The summed E-state index contributed by atoms with van der Waals surface area (Å²) in [4.78, 5) is 37.9. The average molecular weight is 835 g/mol. The van der Waals surface area contributed by atoms with Gasteiger partial charge in [0.2, 0.25) is 0 Å². The largest absolute Gasteiger partial charge is 0.462 e. The number of carbonyl (C=O) groups excluding carboxylic acids is 3. The van der Waals surface area contributed by atoms with Crippen molar-refractivity contribution in [2.45, 2.75) is 309 Å². The summed E-state index contributed by atoms with van der Waals surface area (Å²) in [5.74, 6) is -0.840. The van der Waals surface area contributed by atoms with Gasteiger partial charge in [0, 0.05) is 19.3 Å². The SMILES string of the molecule is CCCCCCCCCCCCCCCCCCC(=O)OCC(COC(=O)CCCCCCCCCCCCC)OC(=O)CCCCCCCCCCCCCCCC. The van der Waals surface area contributed by atoms with E-state index in [2.05, 4.69) is 20.8 Å². The van der Waals surface area contributed by atoms with E-state index in [9.17, 15) is 14.4 Å². The van der Waals surface area contributed by atoms with E-state index in [0.717, 1.165) is 57.8 Å². The predicted molar refractivity (Wildman–Crippen MR) is 252 cm³/mol. The van der Waals surface area contributed by atoms with Crippen LogP contribution in [0.3, 0.4) is 0 Å². The minimum Gasteiger partial charge on any atom is -0.462 e. The molecule has 0 fully saturated rings. The van der Waals surface area contributed by atoms with Gasteiger partial charge in [-0.05, 0) is 19.3 Å². The smallest absolute Gasteiger partial charge is 0.306 e. The molecule has 6 nitrogen and oxygen atoms in total. The standard InChI is InChI=1S/C53H102O6/c1-4-7-10-13-16-19-22-24-26-27-29-31-34-37-40-43-46-52(55)58-49-50(48-57-51(54)45-42-39-36-33-30-21-18-15-12-9-6-3)59-53(56)47-44-41-38-35-32-28-25-23-20-17-14-11-8-5-2/h50H,4-49H2,1-3H3. The van der Waals surface area contributed by atoms with Gasteiger partial charge in [-0.1, -0.05) is 265 Å². The van der Waals surface area contributed by atoms with Crippen LogP contribution in [0.15, 0.2) is 0 Å². The van der Waals surface area contributed by atoms with Crippen molar-refractivity contribution in [2.24, 2.45) is 0 Å². The Morgan fingerprint density at radius 3 is 0.678 bits per heavy atom. The van der Waals surface area contributed by atoms with Crippen molar-refractivity contribution < 1.29 is 28.6 Å². The molecule has 1 unspecified atom stereocenters. The molecule has 1 atom stereocenters. The Bertz CT molecular complexity index is 874. The van der Waals surface area contributed by atoms with Crippen molar-refractivity contribution in [1.82, 2.24) is 0 Å². The molecule has 6 heteroatoms. The quantitative estimate of drug-likeness (QED) is 0.0345. The first-order chi connectivity index (χ1) is 29.0. The summed E-state index contributed by atoms with van der Waals surface area (Å²) < 4.78 is 16.8. The first kappa shape index (κ1) is 57.4. The molecule has 0 aliphatic heterocycles. The summed E-state index contributed by atoms with van der Waals surface area (Å²) in [7, 11) is 0. The van der Waals surface area contributed by atoms with Crippen molar-refractivity contribution in [1.29, 1.82) is 0 Å². The summed E-state index contributed by atoms with van der Waals surface area (Å²) in [6.45, 7) is 6.68. The van der Waals surface area contributed by atoms with Crippen LogP contribution in [0.2, 0.25) is 0 Å². The number of ether oxygens (including phenoxy) is 3. The van der Waals surface area contributed by atoms with Gasteiger partial charge in [-0.2, -0.15) is 0 Å². The van der Waals surface area contributed by atoms with Gasteiger partial charge in [-0.25, -0.2) is 0 Å². The topological polar surface area (TPSA) is 78.9 Å². The Kier molecular flexibility index (Phi) is 47.7. The summed E-state index contributed by atoms with van der Waals surface area (Å²) in [5, 5.41) is 0. The third-order valence-corrected chi connectivity index (χ3v) is 12.1. The number of hydrogen-bond donors (Lipinski definition) is 0. The van der Waals surface area contributed by atoms with E-state index in [1.54, 1.807) is 0 Å². The molecule has 0 spiro atoms. The summed E-state index contributed by atoms with van der Waals surface area (Å²) in [6.07, 6.45) is 52.2. The highest BCUT2D eigenvalue weighted by molar-refractivity contribution is 5.71. The fraction of sp³-hybridized carbons (Fsp3) is 0.943. The molecule has 0 rings (SSSR count). The van der Waals surface area contributed by atoms with Gasteiger partial charge in [0.1, 0.15) is 13.2 Å². The van der Waals surface area contributed by atoms with Crippen LogP contribution in [0.1, 0.15) is 303 Å². The highest BCUT2D eigenvalue weighted by Crippen LogP contribution is 2.17. The summed E-state index contributed by atoms with van der Waals surface area (Å²) in [6, 6.07) is 0. The molecule has 0 heterocycles. The van der Waals surface area contributed by atoms with Gasteiger partial charge in [0.25, 0.3) is 0 Å². The van der Waals surface area contributed by atoms with E-state index in [1.807, 2.05) is 0 Å². The zero-order valence-corrected chi connectivity index (χ0v) is 40.1. The molecule has 0 aromatic heterocycles. The zero-order chi connectivity index (χ0) is 43.0. The fourth-order valence-electron chi connectivity index (χ4n) is 8.09. The number of carbonyl (C=O) groups is 3. The van der Waals surface area contributed by atoms with Crippen LogP contribution in [-0.4, -0.2) is 37.2 Å². The van der Waals surface area contributed by atoms with E-state index < -0.39 is 6.10 Å². The highest BCUT2D eigenvalue weighted by Gasteiger charge is 2.19. The summed E-state index contributed by atoms with van der Waals surface area (Å²) in [5.41, 5.74) is 0. The van der Waals surface area contributed by atoms with Crippen LogP contribution >= 0.6 is 0 Å². The second-order valence-electron chi connectivity index (χ2n) is 18.2. The Morgan fingerprint density at radius 2 is 0.458 bits per heavy atom. The first-order valence-electron chi connectivity index (χ1n) is 26.5. The average Bonchev–Trinajstić information content (AvgIpc) is 3.23. The van der Waals surface area contributed by atoms with Gasteiger partial charge >= 0.3 is 17.9 Å². The Balaban J connectivity index is 4.28. The third kappa shape index (κ3) is 47.3. The van der Waals surface area contributed by atoms with Crippen molar-refractivity contribution in [3.63, 3.8) is 0 Å². The van der Waals surface area contributed by atoms with E-state index in [1.165, 1.54) is 205 Å². The van der Waals surface area contributed by atoms with Gasteiger partial charge in [-0.15, -0.1) is 0 Å². The number of unbranched alkanes of at least 4 members (excludes halogenated alkanes) is 38. The third-order valence-electron chi connectivity index (χ3n) is 12.1. The van der Waals surface area contributed by atoms with Crippen molar-refractivity contribution in [3.8, 4) is 0 Å². The Hall–Kier alpha value is -1.59. The Morgan fingerprint density at radius 1 is 0.271 bits per heavy atom. The zero-order valence-electron chi connectivity index (χ0n) is 40.1. The molecule has 0 saturated carbocycles. The monoisotopic (exact) mass is 835 g/mol. The van der Waals surface area contributed by atoms with Gasteiger partial charge in [-0.3, -0.25) is 14.4 Å². The van der Waals surface area contributed by atoms with Crippen LogP contribution < -0.4 is 0 Å². The van der Waals surface area contributed by atoms with Crippen LogP contribution in [0.25, 0.3) is 0 Å². The fourth-order valence-corrected chi connectivity index (χ4v) is 8.09.